The van der Waals surface area contributed by atoms with Crippen molar-refractivity contribution in [3.05, 3.63) is 64.6 Å². The molecule has 4 heteroatoms. The van der Waals surface area contributed by atoms with Gasteiger partial charge in [-0.25, -0.2) is 4.79 Å². The second-order valence-electron chi connectivity index (χ2n) is 3.98. The van der Waals surface area contributed by atoms with Gasteiger partial charge in [-0.15, -0.1) is 0 Å². The molecule has 102 valence electrons. The van der Waals surface area contributed by atoms with Crippen LogP contribution in [0, 0.1) is 0 Å². The zero-order chi connectivity index (χ0) is 14.4. The van der Waals surface area contributed by atoms with E-state index in [0.29, 0.717) is 5.75 Å². The summed E-state index contributed by atoms with van der Waals surface area (Å²) in [6, 6.07) is 14.5. The van der Waals surface area contributed by atoms with Crippen LogP contribution in [0.4, 0.5) is 0 Å². The molecule has 2 aromatic carbocycles. The number of rotatable bonds is 4. The molecule has 0 N–H and O–H groups in total. The van der Waals surface area contributed by atoms with Crippen LogP contribution >= 0.6 is 15.9 Å². The number of carbonyl (C=O) groups excluding carboxylic acids is 1. The third kappa shape index (κ3) is 4.24. The highest BCUT2D eigenvalue weighted by atomic mass is 79.9. The second kappa shape index (κ2) is 6.91. The molecule has 3 nitrogen and oxygen atoms in total. The van der Waals surface area contributed by atoms with Crippen LogP contribution in [-0.2, 0) is 4.79 Å². The summed E-state index contributed by atoms with van der Waals surface area (Å²) in [7, 11) is 1.61. The Morgan fingerprint density at radius 1 is 1.00 bits per heavy atom. The molecule has 20 heavy (non-hydrogen) atoms. The van der Waals surface area contributed by atoms with E-state index in [1.54, 1.807) is 25.3 Å². The van der Waals surface area contributed by atoms with Crippen molar-refractivity contribution in [1.82, 2.24) is 0 Å². The number of hydrogen-bond donors (Lipinski definition) is 0. The summed E-state index contributed by atoms with van der Waals surface area (Å²) >= 11 is 3.32. The van der Waals surface area contributed by atoms with Crippen molar-refractivity contribution >= 4 is 28.0 Å². The molecule has 0 aliphatic heterocycles. The maximum absolute atomic E-state index is 11.6. The minimum absolute atomic E-state index is 0.414. The lowest BCUT2D eigenvalue weighted by Gasteiger charge is -2.01. The number of carbonyl (C=O) groups is 1. The molecule has 0 aliphatic carbocycles. The molecule has 0 fully saturated rings. The van der Waals surface area contributed by atoms with Crippen LogP contribution in [0.2, 0.25) is 0 Å². The van der Waals surface area contributed by atoms with Gasteiger partial charge in [0, 0.05) is 10.5 Å². The molecule has 2 aromatic rings. The molecule has 0 bridgehead atoms. The fourth-order valence-electron chi connectivity index (χ4n) is 1.53. The fraction of sp³-hybridized carbons (Fsp3) is 0.0625. The van der Waals surface area contributed by atoms with Crippen molar-refractivity contribution in [2.75, 3.05) is 7.11 Å². The SMILES string of the molecule is COc1ccc(/C=C/C(=O)Oc2ccc(Br)cc2)cc1. The number of halogens is 1. The second-order valence-corrected chi connectivity index (χ2v) is 4.90. The van der Waals surface area contributed by atoms with Crippen molar-refractivity contribution in [2.24, 2.45) is 0 Å². The van der Waals surface area contributed by atoms with E-state index in [-0.39, 0.29) is 0 Å². The normalized spacial score (nSPS) is 10.5. The Morgan fingerprint density at radius 3 is 2.20 bits per heavy atom. The monoisotopic (exact) mass is 332 g/mol. The van der Waals surface area contributed by atoms with Crippen molar-refractivity contribution in [3.8, 4) is 11.5 Å². The highest BCUT2D eigenvalue weighted by Gasteiger charge is 2.00. The minimum Gasteiger partial charge on any atom is -0.497 e. The molecular formula is C16H13BrO3. The molecule has 2 rings (SSSR count). The Bertz CT molecular complexity index is 601. The van der Waals surface area contributed by atoms with Crippen LogP contribution in [0.25, 0.3) is 6.08 Å². The lowest BCUT2D eigenvalue weighted by Crippen LogP contribution is -2.03. The molecule has 0 saturated carbocycles. The van der Waals surface area contributed by atoms with E-state index in [0.717, 1.165) is 15.8 Å². The Morgan fingerprint density at radius 2 is 1.60 bits per heavy atom. The Labute approximate surface area is 126 Å². The highest BCUT2D eigenvalue weighted by molar-refractivity contribution is 9.10. The first-order valence-electron chi connectivity index (χ1n) is 5.97. The number of hydrogen-bond acceptors (Lipinski definition) is 3. The van der Waals surface area contributed by atoms with Gasteiger partial charge in [0.05, 0.1) is 7.11 Å². The number of benzene rings is 2. The Kier molecular flexibility index (Phi) is 4.96. The maximum Gasteiger partial charge on any atom is 0.336 e. The van der Waals surface area contributed by atoms with Crippen LogP contribution in [0.15, 0.2) is 59.1 Å². The van der Waals surface area contributed by atoms with Crippen LogP contribution < -0.4 is 9.47 Å². The first-order chi connectivity index (χ1) is 9.67. The quantitative estimate of drug-likeness (QED) is 0.481. The molecule has 0 unspecified atom stereocenters. The van der Waals surface area contributed by atoms with Gasteiger partial charge in [-0.1, -0.05) is 28.1 Å². The minimum atomic E-state index is -0.414. The van der Waals surface area contributed by atoms with Gasteiger partial charge in [-0.2, -0.15) is 0 Å². The number of methoxy groups -OCH3 is 1. The zero-order valence-electron chi connectivity index (χ0n) is 10.9. The molecule has 0 aliphatic rings. The predicted molar refractivity (Wildman–Crippen MR) is 81.8 cm³/mol. The Hall–Kier alpha value is -2.07. The summed E-state index contributed by atoms with van der Waals surface area (Å²) in [5, 5.41) is 0. The van der Waals surface area contributed by atoms with Gasteiger partial charge in [0.15, 0.2) is 0 Å². The molecule has 0 amide bonds. The lowest BCUT2D eigenvalue weighted by molar-refractivity contribution is -0.128. The third-order valence-electron chi connectivity index (χ3n) is 2.56. The van der Waals surface area contributed by atoms with Crippen molar-refractivity contribution < 1.29 is 14.3 Å². The van der Waals surface area contributed by atoms with Crippen molar-refractivity contribution in [3.63, 3.8) is 0 Å². The first-order valence-corrected chi connectivity index (χ1v) is 6.76. The highest BCUT2D eigenvalue weighted by Crippen LogP contribution is 2.16. The van der Waals surface area contributed by atoms with Crippen molar-refractivity contribution in [1.29, 1.82) is 0 Å². The van der Waals surface area contributed by atoms with Crippen LogP contribution in [-0.4, -0.2) is 13.1 Å². The summed E-state index contributed by atoms with van der Waals surface area (Å²) in [6.07, 6.45) is 3.09. The zero-order valence-corrected chi connectivity index (χ0v) is 12.5. The summed E-state index contributed by atoms with van der Waals surface area (Å²) in [6.45, 7) is 0. The largest absolute Gasteiger partial charge is 0.497 e. The Balaban J connectivity index is 1.96. The molecule has 0 aromatic heterocycles. The summed E-state index contributed by atoms with van der Waals surface area (Å²) in [4.78, 5) is 11.6. The maximum atomic E-state index is 11.6. The van der Waals surface area contributed by atoms with Gasteiger partial charge in [0.2, 0.25) is 0 Å². The van der Waals surface area contributed by atoms with Crippen LogP contribution in [0.1, 0.15) is 5.56 Å². The van der Waals surface area contributed by atoms with E-state index < -0.39 is 5.97 Å². The standard InChI is InChI=1S/C16H13BrO3/c1-19-14-7-2-12(3-8-14)4-11-16(18)20-15-9-5-13(17)6-10-15/h2-11H,1H3/b11-4+. The van der Waals surface area contributed by atoms with Gasteiger partial charge in [0.25, 0.3) is 0 Å². The van der Waals surface area contributed by atoms with E-state index in [4.69, 9.17) is 9.47 Å². The molecule has 0 heterocycles. The molecule has 0 atom stereocenters. The fourth-order valence-corrected chi connectivity index (χ4v) is 1.80. The van der Waals surface area contributed by atoms with Gasteiger partial charge < -0.3 is 9.47 Å². The van der Waals surface area contributed by atoms with Crippen LogP contribution in [0.5, 0.6) is 11.5 Å². The average molecular weight is 333 g/mol. The summed E-state index contributed by atoms with van der Waals surface area (Å²) in [5.74, 6) is 0.875. The van der Waals surface area contributed by atoms with Gasteiger partial charge in [0.1, 0.15) is 11.5 Å². The van der Waals surface area contributed by atoms with E-state index >= 15 is 0 Å². The predicted octanol–water partition coefficient (Wildman–Crippen LogP) is 4.08. The average Bonchev–Trinajstić information content (AvgIpc) is 2.48. The van der Waals surface area contributed by atoms with E-state index in [1.165, 1.54) is 6.08 Å². The smallest absolute Gasteiger partial charge is 0.336 e. The molecule has 0 radical (unpaired) electrons. The van der Waals surface area contributed by atoms with Gasteiger partial charge >= 0.3 is 5.97 Å². The number of esters is 1. The molecule has 0 spiro atoms. The van der Waals surface area contributed by atoms with Gasteiger partial charge in [-0.05, 0) is 48.0 Å². The van der Waals surface area contributed by atoms with Gasteiger partial charge in [-0.3, -0.25) is 0 Å². The van der Waals surface area contributed by atoms with Crippen molar-refractivity contribution in [2.45, 2.75) is 0 Å². The van der Waals surface area contributed by atoms with E-state index in [2.05, 4.69) is 15.9 Å². The topological polar surface area (TPSA) is 35.5 Å². The molecule has 0 saturated heterocycles. The summed E-state index contributed by atoms with van der Waals surface area (Å²) in [5.41, 5.74) is 0.901. The lowest BCUT2D eigenvalue weighted by atomic mass is 10.2. The van der Waals surface area contributed by atoms with E-state index in [9.17, 15) is 4.79 Å². The number of ether oxygens (including phenoxy) is 2. The summed E-state index contributed by atoms with van der Waals surface area (Å²) < 4.78 is 11.2. The third-order valence-corrected chi connectivity index (χ3v) is 3.09. The van der Waals surface area contributed by atoms with E-state index in [1.807, 2.05) is 36.4 Å². The molecular weight excluding hydrogens is 320 g/mol. The van der Waals surface area contributed by atoms with Crippen LogP contribution in [0.3, 0.4) is 0 Å². The first kappa shape index (κ1) is 14.3.